The van der Waals surface area contributed by atoms with Gasteiger partial charge in [0, 0.05) is 33.0 Å². The largest absolute Gasteiger partial charge is 0.481 e. The molecule has 4 aromatic rings. The zero-order chi connectivity index (χ0) is 26.2. The van der Waals surface area contributed by atoms with Gasteiger partial charge in [-0.25, -0.2) is 4.68 Å². The van der Waals surface area contributed by atoms with Gasteiger partial charge in [-0.15, -0.1) is 0 Å². The lowest BCUT2D eigenvalue weighted by Gasteiger charge is -2.43. The normalized spacial score (nSPS) is 17.9. The van der Waals surface area contributed by atoms with Crippen molar-refractivity contribution in [2.24, 2.45) is 0 Å². The van der Waals surface area contributed by atoms with Gasteiger partial charge in [-0.2, -0.15) is 10.1 Å². The quantitative estimate of drug-likeness (QED) is 0.220. The summed E-state index contributed by atoms with van der Waals surface area (Å²) >= 11 is 7.13. The van der Waals surface area contributed by atoms with Crippen molar-refractivity contribution in [2.75, 3.05) is 11.4 Å². The number of aromatic nitrogens is 3. The zero-order valence-corrected chi connectivity index (χ0v) is 23.5. The topological polar surface area (TPSA) is 80.5 Å². The van der Waals surface area contributed by atoms with Crippen LogP contribution in [0.2, 0.25) is 0 Å². The smallest absolute Gasteiger partial charge is 0.303 e. The number of carboxylic acid groups (broad SMARTS) is 1. The van der Waals surface area contributed by atoms with Gasteiger partial charge >= 0.3 is 5.97 Å². The molecule has 3 heterocycles. The van der Waals surface area contributed by atoms with Gasteiger partial charge < -0.3 is 14.7 Å². The van der Waals surface area contributed by atoms with Crippen molar-refractivity contribution in [3.63, 3.8) is 0 Å². The van der Waals surface area contributed by atoms with Crippen molar-refractivity contribution in [3.05, 3.63) is 110 Å². The lowest BCUT2D eigenvalue weighted by atomic mass is 9.84. The van der Waals surface area contributed by atoms with Crippen LogP contribution in [0.25, 0.3) is 5.70 Å². The van der Waals surface area contributed by atoms with E-state index in [0.29, 0.717) is 19.4 Å². The van der Waals surface area contributed by atoms with Crippen LogP contribution in [0.4, 0.5) is 5.95 Å². The summed E-state index contributed by atoms with van der Waals surface area (Å²) in [6, 6.07) is 24.3. The Balaban J connectivity index is 1.57. The number of fused-ring (bicyclic) bond motifs is 3. The molecule has 0 bridgehead atoms. The van der Waals surface area contributed by atoms with Gasteiger partial charge in [0.25, 0.3) is 0 Å². The number of para-hydroxylation sites is 1. The van der Waals surface area contributed by atoms with Crippen LogP contribution in [-0.2, 0) is 4.79 Å². The molecule has 2 aliphatic heterocycles. The second-order valence-corrected chi connectivity index (χ2v) is 11.1. The predicted octanol–water partition coefficient (Wildman–Crippen LogP) is 7.01. The number of halogens is 2. The number of ether oxygens (including phenoxy) is 1. The molecule has 1 N–H and O–H groups in total. The summed E-state index contributed by atoms with van der Waals surface area (Å²) in [4.78, 5) is 18.1. The van der Waals surface area contributed by atoms with Crippen LogP contribution in [0.1, 0.15) is 48.1 Å². The highest BCUT2D eigenvalue weighted by Crippen LogP contribution is 2.52. The molecule has 0 spiro atoms. The molecule has 192 valence electrons. The lowest BCUT2D eigenvalue weighted by Crippen LogP contribution is -2.39. The average molecular weight is 636 g/mol. The van der Waals surface area contributed by atoms with Crippen LogP contribution in [-0.4, -0.2) is 32.4 Å². The Labute approximate surface area is 237 Å². The van der Waals surface area contributed by atoms with Crippen molar-refractivity contribution < 1.29 is 14.6 Å². The van der Waals surface area contributed by atoms with E-state index in [4.69, 9.17) is 9.84 Å². The molecule has 1 aromatic heterocycles. The number of carboxylic acids is 1. The average Bonchev–Trinajstić information content (AvgIpc) is 3.41. The van der Waals surface area contributed by atoms with Crippen molar-refractivity contribution in [1.82, 2.24) is 14.8 Å². The van der Waals surface area contributed by atoms with Gasteiger partial charge in [-0.05, 0) is 60.4 Å². The first-order valence-electron chi connectivity index (χ1n) is 12.4. The maximum Gasteiger partial charge on any atom is 0.303 e. The first-order valence-corrected chi connectivity index (χ1v) is 14.0. The minimum atomic E-state index is -0.784. The number of carbonyl (C=O) groups is 1. The molecule has 0 saturated carbocycles. The Kier molecular flexibility index (Phi) is 6.80. The summed E-state index contributed by atoms with van der Waals surface area (Å²) in [6.07, 6.45) is 2.64. The van der Waals surface area contributed by atoms with Crippen molar-refractivity contribution in [1.29, 1.82) is 0 Å². The fourth-order valence-electron chi connectivity index (χ4n) is 5.27. The van der Waals surface area contributed by atoms with E-state index in [2.05, 4.69) is 72.1 Å². The molecular formula is C29H24Br2N4O3. The van der Waals surface area contributed by atoms with Crippen LogP contribution >= 0.6 is 31.9 Å². The first-order chi connectivity index (χ1) is 18.5. The molecule has 3 aromatic carbocycles. The van der Waals surface area contributed by atoms with Crippen LogP contribution in [0.5, 0.6) is 5.75 Å². The van der Waals surface area contributed by atoms with Crippen LogP contribution in [0, 0.1) is 0 Å². The van der Waals surface area contributed by atoms with Gasteiger partial charge in [0.2, 0.25) is 5.95 Å². The lowest BCUT2D eigenvalue weighted by molar-refractivity contribution is -0.137. The molecule has 2 atom stereocenters. The number of benzene rings is 3. The Morgan fingerprint density at radius 3 is 2.32 bits per heavy atom. The molecule has 2 aliphatic rings. The van der Waals surface area contributed by atoms with E-state index in [1.165, 1.54) is 0 Å². The fourth-order valence-corrected chi connectivity index (χ4v) is 5.80. The molecule has 2 unspecified atom stereocenters. The Hall–Kier alpha value is -3.43. The van der Waals surface area contributed by atoms with E-state index >= 15 is 0 Å². The molecule has 6 rings (SSSR count). The Bertz CT molecular complexity index is 1520. The van der Waals surface area contributed by atoms with Gasteiger partial charge in [-0.1, -0.05) is 68.3 Å². The summed E-state index contributed by atoms with van der Waals surface area (Å²) in [5.74, 6) is 0.754. The number of aliphatic carboxylic acids is 1. The second-order valence-electron chi connectivity index (χ2n) is 9.31. The fraction of sp³-hybridized carbons (Fsp3) is 0.207. The van der Waals surface area contributed by atoms with E-state index < -0.39 is 5.97 Å². The minimum Gasteiger partial charge on any atom is -0.481 e. The first kappa shape index (κ1) is 24.9. The Morgan fingerprint density at radius 1 is 0.921 bits per heavy atom. The highest BCUT2D eigenvalue weighted by atomic mass is 79.9. The van der Waals surface area contributed by atoms with Crippen LogP contribution in [0.3, 0.4) is 0 Å². The van der Waals surface area contributed by atoms with Crippen LogP contribution < -0.4 is 9.64 Å². The van der Waals surface area contributed by atoms with E-state index in [9.17, 15) is 9.90 Å². The standard InChI is InChI=1S/C29H24Br2N4O3/c30-20-12-8-18(9-13-20)26-25-27(34(16-4-3-7-24(36)37)29-32-17-33-35(26)29)22-5-1-2-6-23(22)38-28(25)19-10-14-21(31)15-11-19/h1-2,5-6,8-15,17,26,28H,3-4,7,16H2,(H,36,37). The molecule has 9 heteroatoms. The number of nitrogens with zero attached hydrogens (tertiary/aromatic N) is 4. The molecule has 0 saturated heterocycles. The number of rotatable bonds is 7. The van der Waals surface area contributed by atoms with Crippen molar-refractivity contribution >= 4 is 49.5 Å². The third-order valence-corrected chi connectivity index (χ3v) is 7.99. The van der Waals surface area contributed by atoms with E-state index in [-0.39, 0.29) is 18.6 Å². The molecule has 0 aliphatic carbocycles. The summed E-state index contributed by atoms with van der Waals surface area (Å²) in [7, 11) is 0. The van der Waals surface area contributed by atoms with Crippen molar-refractivity contribution in [3.8, 4) is 5.75 Å². The zero-order valence-electron chi connectivity index (χ0n) is 20.3. The number of hydrogen-bond donors (Lipinski definition) is 1. The highest BCUT2D eigenvalue weighted by molar-refractivity contribution is 9.10. The second kappa shape index (κ2) is 10.4. The van der Waals surface area contributed by atoms with Crippen LogP contribution in [0.15, 0.2) is 93.6 Å². The third-order valence-electron chi connectivity index (χ3n) is 6.93. The van der Waals surface area contributed by atoms with Gasteiger partial charge in [0.05, 0.1) is 5.70 Å². The summed E-state index contributed by atoms with van der Waals surface area (Å²) < 4.78 is 10.7. The summed E-state index contributed by atoms with van der Waals surface area (Å²) in [5, 5.41) is 13.9. The van der Waals surface area contributed by atoms with Gasteiger partial charge in [0.15, 0.2) is 0 Å². The van der Waals surface area contributed by atoms with Gasteiger partial charge in [-0.3, -0.25) is 4.79 Å². The van der Waals surface area contributed by atoms with Gasteiger partial charge in [0.1, 0.15) is 24.2 Å². The maximum absolute atomic E-state index is 11.2. The molecule has 0 radical (unpaired) electrons. The number of unbranched alkanes of at least 4 members (excludes halogenated alkanes) is 1. The Morgan fingerprint density at radius 2 is 1.61 bits per heavy atom. The summed E-state index contributed by atoms with van der Waals surface area (Å²) in [6.45, 7) is 0.610. The monoisotopic (exact) mass is 634 g/mol. The highest BCUT2D eigenvalue weighted by Gasteiger charge is 2.43. The van der Waals surface area contributed by atoms with E-state index in [1.54, 1.807) is 6.33 Å². The van der Waals surface area contributed by atoms with Crippen molar-refractivity contribution in [2.45, 2.75) is 31.4 Å². The molecule has 0 amide bonds. The third kappa shape index (κ3) is 4.54. The molecule has 38 heavy (non-hydrogen) atoms. The SMILES string of the molecule is O=C(O)CCCCN1C2=C(C(c3ccc(Br)cc3)Oc3ccccc32)C(c2ccc(Br)cc2)n2ncnc21. The van der Waals surface area contributed by atoms with E-state index in [0.717, 1.165) is 48.6 Å². The molecular weight excluding hydrogens is 612 g/mol. The maximum atomic E-state index is 11.2. The van der Waals surface area contributed by atoms with E-state index in [1.807, 2.05) is 47.1 Å². The molecule has 0 fully saturated rings. The molecule has 7 nitrogen and oxygen atoms in total. The minimum absolute atomic E-state index is 0.134. The predicted molar refractivity (Wildman–Crippen MR) is 152 cm³/mol. The number of hydrogen-bond acceptors (Lipinski definition) is 5. The summed E-state index contributed by atoms with van der Waals surface area (Å²) in [5.41, 5.74) is 5.22. The number of anilines is 1.